The number of halogens is 1. The van der Waals surface area contributed by atoms with E-state index < -0.39 is 6.17 Å². The first-order valence-corrected chi connectivity index (χ1v) is 10.6. The lowest BCUT2D eigenvalue weighted by atomic mass is 10.1. The van der Waals surface area contributed by atoms with E-state index in [0.29, 0.717) is 28.1 Å². The topological polar surface area (TPSA) is 63.6 Å². The van der Waals surface area contributed by atoms with E-state index in [1.807, 2.05) is 59.5 Å². The van der Waals surface area contributed by atoms with Crippen molar-refractivity contribution in [1.29, 1.82) is 0 Å². The highest BCUT2D eigenvalue weighted by molar-refractivity contribution is 6.44. The van der Waals surface area contributed by atoms with Gasteiger partial charge in [0, 0.05) is 29.3 Å². The number of methoxy groups -OCH3 is 3. The molecule has 7 nitrogen and oxygen atoms in total. The van der Waals surface area contributed by atoms with Gasteiger partial charge < -0.3 is 14.2 Å². The maximum Gasteiger partial charge on any atom is 0.198 e. The molecule has 1 aliphatic heterocycles. The summed E-state index contributed by atoms with van der Waals surface area (Å²) in [5, 5.41) is 7.14. The van der Waals surface area contributed by atoms with Crippen molar-refractivity contribution in [3.8, 4) is 17.2 Å². The molecule has 0 saturated heterocycles. The van der Waals surface area contributed by atoms with Crippen LogP contribution in [0, 0.1) is 0 Å². The Morgan fingerprint density at radius 2 is 1.61 bits per heavy atom. The lowest BCUT2D eigenvalue weighted by molar-refractivity contribution is -0.111. The zero-order valence-electron chi connectivity index (χ0n) is 18.8. The van der Waals surface area contributed by atoms with Crippen molar-refractivity contribution >= 4 is 34.6 Å². The number of carbonyl (C=O) groups is 1. The minimum atomic E-state index is -0.475. The van der Waals surface area contributed by atoms with Gasteiger partial charge in [0.1, 0.15) is 5.75 Å². The van der Waals surface area contributed by atoms with Gasteiger partial charge in [-0.2, -0.15) is 0 Å². The summed E-state index contributed by atoms with van der Waals surface area (Å²) in [6.07, 6.45) is -0.475. The Bertz CT molecular complexity index is 1200. The molecule has 3 aromatic carbocycles. The molecule has 1 heterocycles. The van der Waals surface area contributed by atoms with Crippen LogP contribution in [0.15, 0.2) is 71.8 Å². The first-order valence-electron chi connectivity index (χ1n) is 10.3. The van der Waals surface area contributed by atoms with Crippen molar-refractivity contribution in [1.82, 2.24) is 0 Å². The number of nitrogens with zero attached hydrogens (tertiary/aromatic N) is 3. The van der Waals surface area contributed by atoms with Gasteiger partial charge in [-0.3, -0.25) is 9.69 Å². The van der Waals surface area contributed by atoms with Crippen LogP contribution in [0.3, 0.4) is 0 Å². The predicted octanol–water partition coefficient (Wildman–Crippen LogP) is 5.29. The summed E-state index contributed by atoms with van der Waals surface area (Å²) in [5.74, 6) is 2.00. The molecule has 0 aromatic heterocycles. The van der Waals surface area contributed by atoms with Gasteiger partial charge in [-0.25, -0.2) is 5.01 Å². The molecule has 0 fully saturated rings. The van der Waals surface area contributed by atoms with Crippen molar-refractivity contribution in [2.24, 2.45) is 5.10 Å². The van der Waals surface area contributed by atoms with Gasteiger partial charge in [-0.1, -0.05) is 23.7 Å². The summed E-state index contributed by atoms with van der Waals surface area (Å²) in [5.41, 5.74) is 2.40. The third-order valence-corrected chi connectivity index (χ3v) is 5.60. The summed E-state index contributed by atoms with van der Waals surface area (Å²) in [6, 6.07) is 20.5. The van der Waals surface area contributed by atoms with E-state index in [-0.39, 0.29) is 5.78 Å². The average Bonchev–Trinajstić information content (AvgIpc) is 3.25. The van der Waals surface area contributed by atoms with E-state index in [1.165, 1.54) is 6.92 Å². The molecule has 0 spiro atoms. The highest BCUT2D eigenvalue weighted by Gasteiger charge is 2.39. The molecule has 0 N–H and O–H groups in total. The number of benzene rings is 3. The number of hydrogen-bond acceptors (Lipinski definition) is 7. The van der Waals surface area contributed by atoms with Crippen LogP contribution in [-0.4, -0.2) is 32.9 Å². The first-order chi connectivity index (χ1) is 16.0. The minimum absolute atomic E-state index is 0.167. The first kappa shape index (κ1) is 22.5. The Morgan fingerprint density at radius 3 is 2.24 bits per heavy atom. The van der Waals surface area contributed by atoms with Gasteiger partial charge in [0.2, 0.25) is 0 Å². The number of ether oxygens (including phenoxy) is 3. The summed E-state index contributed by atoms with van der Waals surface area (Å²) in [6.45, 7) is 1.50. The third kappa shape index (κ3) is 4.32. The Labute approximate surface area is 197 Å². The van der Waals surface area contributed by atoms with E-state index in [1.54, 1.807) is 38.5 Å². The standard InChI is InChI=1S/C25H24ClN3O4/c1-16(30)24-27-29(19-11-9-18(26)10-12-19)25(17-8-13-22(32-3)23(14-17)33-4)28(24)20-6-5-7-21(15-20)31-2/h5-15,25H,1-4H3/t25-/m0/s1. The molecule has 0 amide bonds. The number of anilines is 2. The van der Waals surface area contributed by atoms with Crippen LogP contribution in [0.4, 0.5) is 11.4 Å². The lowest BCUT2D eigenvalue weighted by Crippen LogP contribution is -2.37. The van der Waals surface area contributed by atoms with E-state index in [0.717, 1.165) is 16.9 Å². The van der Waals surface area contributed by atoms with Gasteiger partial charge in [0.05, 0.1) is 27.0 Å². The second kappa shape index (κ2) is 9.42. The number of hydrogen-bond donors (Lipinski definition) is 0. The Hall–Kier alpha value is -3.71. The molecule has 3 aromatic rings. The molecular weight excluding hydrogens is 442 g/mol. The Balaban J connectivity index is 1.92. The van der Waals surface area contributed by atoms with Crippen molar-refractivity contribution in [3.05, 3.63) is 77.3 Å². The van der Waals surface area contributed by atoms with Crippen LogP contribution in [0.2, 0.25) is 5.02 Å². The van der Waals surface area contributed by atoms with E-state index in [9.17, 15) is 4.79 Å². The van der Waals surface area contributed by atoms with Crippen LogP contribution in [0.1, 0.15) is 18.7 Å². The second-order valence-electron chi connectivity index (χ2n) is 7.36. The van der Waals surface area contributed by atoms with Gasteiger partial charge in [-0.15, -0.1) is 5.10 Å². The fraction of sp³-hybridized carbons (Fsp3) is 0.200. The fourth-order valence-electron chi connectivity index (χ4n) is 3.79. The number of amidine groups is 1. The van der Waals surface area contributed by atoms with Gasteiger partial charge in [0.15, 0.2) is 29.3 Å². The third-order valence-electron chi connectivity index (χ3n) is 5.35. The number of carbonyl (C=O) groups excluding carboxylic acids is 1. The van der Waals surface area contributed by atoms with Crippen molar-refractivity contribution in [2.45, 2.75) is 13.1 Å². The molecule has 33 heavy (non-hydrogen) atoms. The number of Topliss-reactive ketones (excluding diaryl/α,β-unsaturated/α-hetero) is 1. The van der Waals surface area contributed by atoms with Gasteiger partial charge >= 0.3 is 0 Å². The number of ketones is 1. The summed E-state index contributed by atoms with van der Waals surface area (Å²) in [4.78, 5) is 14.6. The van der Waals surface area contributed by atoms with Gasteiger partial charge in [0.25, 0.3) is 0 Å². The lowest BCUT2D eigenvalue weighted by Gasteiger charge is -2.32. The summed E-state index contributed by atoms with van der Waals surface area (Å²) >= 11 is 6.12. The monoisotopic (exact) mass is 465 g/mol. The van der Waals surface area contributed by atoms with Crippen LogP contribution in [0.25, 0.3) is 0 Å². The summed E-state index contributed by atoms with van der Waals surface area (Å²) < 4.78 is 16.4. The van der Waals surface area contributed by atoms with E-state index >= 15 is 0 Å². The van der Waals surface area contributed by atoms with Crippen LogP contribution in [-0.2, 0) is 4.79 Å². The maximum atomic E-state index is 12.7. The molecule has 8 heteroatoms. The normalized spacial score (nSPS) is 15.3. The quantitative estimate of drug-likeness (QED) is 0.472. The second-order valence-corrected chi connectivity index (χ2v) is 7.80. The molecule has 1 atom stereocenters. The molecule has 0 saturated carbocycles. The zero-order valence-corrected chi connectivity index (χ0v) is 19.5. The van der Waals surface area contributed by atoms with Crippen LogP contribution in [0.5, 0.6) is 17.2 Å². The van der Waals surface area contributed by atoms with E-state index in [2.05, 4.69) is 0 Å². The van der Waals surface area contributed by atoms with Crippen molar-refractivity contribution in [2.75, 3.05) is 31.2 Å². The largest absolute Gasteiger partial charge is 0.497 e. The molecule has 170 valence electrons. The van der Waals surface area contributed by atoms with Crippen LogP contribution >= 0.6 is 11.6 Å². The SMILES string of the molecule is COc1cccc(N2C(C(C)=O)=NN(c3ccc(Cl)cc3)[C@H]2c2ccc(OC)c(OC)c2)c1. The number of rotatable bonds is 7. The van der Waals surface area contributed by atoms with Crippen molar-refractivity contribution < 1.29 is 19.0 Å². The maximum absolute atomic E-state index is 12.7. The molecule has 4 rings (SSSR count). The van der Waals surface area contributed by atoms with Gasteiger partial charge in [-0.05, 0) is 48.5 Å². The minimum Gasteiger partial charge on any atom is -0.497 e. The zero-order chi connectivity index (χ0) is 23.5. The molecule has 0 bridgehead atoms. The highest BCUT2D eigenvalue weighted by Crippen LogP contribution is 2.42. The number of hydrazone groups is 1. The molecule has 0 aliphatic carbocycles. The van der Waals surface area contributed by atoms with E-state index in [4.69, 9.17) is 30.9 Å². The molecule has 0 unspecified atom stereocenters. The Kier molecular flexibility index (Phi) is 6.42. The summed E-state index contributed by atoms with van der Waals surface area (Å²) in [7, 11) is 4.78. The molecule has 0 radical (unpaired) electrons. The Morgan fingerprint density at radius 1 is 0.879 bits per heavy atom. The van der Waals surface area contributed by atoms with Crippen LogP contribution < -0.4 is 24.1 Å². The molecular formula is C25H24ClN3O4. The fourth-order valence-corrected chi connectivity index (χ4v) is 3.92. The molecule has 1 aliphatic rings. The average molecular weight is 466 g/mol. The predicted molar refractivity (Wildman–Crippen MR) is 130 cm³/mol. The van der Waals surface area contributed by atoms with Crippen molar-refractivity contribution in [3.63, 3.8) is 0 Å². The highest BCUT2D eigenvalue weighted by atomic mass is 35.5. The smallest absolute Gasteiger partial charge is 0.198 e.